The number of aromatic amines is 1. The Kier molecular flexibility index (Phi) is 7.41. The average Bonchev–Trinajstić information content (AvgIpc) is 3.56. The third kappa shape index (κ3) is 4.87. The van der Waals surface area contributed by atoms with Crippen LogP contribution in [0.25, 0.3) is 11.3 Å². The van der Waals surface area contributed by atoms with Crippen LogP contribution in [0.3, 0.4) is 0 Å². The molecular weight excluding hydrogens is 492 g/mol. The summed E-state index contributed by atoms with van der Waals surface area (Å²) in [6.07, 6.45) is 3.66. The Morgan fingerprint density at radius 3 is 2.42 bits per heavy atom. The first-order valence-corrected chi connectivity index (χ1v) is 12.8. The fourth-order valence-electron chi connectivity index (χ4n) is 5.07. The van der Waals surface area contributed by atoms with Gasteiger partial charge in [0.15, 0.2) is 11.5 Å². The lowest BCUT2D eigenvalue weighted by atomic mass is 9.96. The number of nitrogens with one attached hydrogen (secondary N) is 1. The molecule has 1 aliphatic heterocycles. The van der Waals surface area contributed by atoms with E-state index in [9.17, 15) is 9.59 Å². The van der Waals surface area contributed by atoms with Gasteiger partial charge >= 0.3 is 5.69 Å². The molecule has 1 unspecified atom stereocenters. The van der Waals surface area contributed by atoms with Crippen molar-refractivity contribution >= 4 is 5.91 Å². The van der Waals surface area contributed by atoms with Crippen LogP contribution in [0, 0.1) is 0 Å². The molecule has 1 saturated carbocycles. The second-order valence-corrected chi connectivity index (χ2v) is 9.63. The molecule has 12 heteroatoms. The molecule has 0 radical (unpaired) electrons. The Morgan fingerprint density at radius 2 is 1.79 bits per heavy atom. The van der Waals surface area contributed by atoms with Crippen molar-refractivity contribution in [1.29, 1.82) is 0 Å². The van der Waals surface area contributed by atoms with E-state index in [0.717, 1.165) is 37.1 Å². The molecule has 1 atom stereocenters. The topological polar surface area (TPSA) is 126 Å². The van der Waals surface area contributed by atoms with Gasteiger partial charge in [0, 0.05) is 37.7 Å². The van der Waals surface area contributed by atoms with Crippen molar-refractivity contribution in [3.63, 3.8) is 0 Å². The second kappa shape index (κ2) is 10.9. The fourth-order valence-corrected chi connectivity index (χ4v) is 5.07. The second-order valence-electron chi connectivity index (χ2n) is 9.63. The molecule has 1 aliphatic carbocycles. The van der Waals surface area contributed by atoms with Gasteiger partial charge in [0.05, 0.1) is 40.2 Å². The molecule has 0 spiro atoms. The van der Waals surface area contributed by atoms with Gasteiger partial charge in [0.1, 0.15) is 11.5 Å². The van der Waals surface area contributed by atoms with Crippen LogP contribution in [0.1, 0.15) is 54.0 Å². The summed E-state index contributed by atoms with van der Waals surface area (Å²) >= 11 is 0. The number of nitrogens with zero attached hydrogens (tertiary/aromatic N) is 5. The molecule has 5 rings (SSSR count). The SMILES string of the molecule is COCCn1nc(C2CCCN(C(=O)c3cc(-c4cc(OC)c(OC)c(OC)c4)n[nH]3)C2)n(C2CC2)c1=O. The summed E-state index contributed by atoms with van der Waals surface area (Å²) < 4.78 is 24.8. The van der Waals surface area contributed by atoms with E-state index >= 15 is 0 Å². The number of carbonyl (C=O) groups excluding carboxylic acids is 1. The van der Waals surface area contributed by atoms with Crippen LogP contribution in [-0.4, -0.2) is 83.5 Å². The molecule has 1 amide bonds. The van der Waals surface area contributed by atoms with Crippen molar-refractivity contribution in [1.82, 2.24) is 29.4 Å². The molecule has 3 heterocycles. The first kappa shape index (κ1) is 25.8. The van der Waals surface area contributed by atoms with E-state index in [4.69, 9.17) is 18.9 Å². The molecule has 2 fully saturated rings. The number of amides is 1. The predicted molar refractivity (Wildman–Crippen MR) is 138 cm³/mol. The highest BCUT2D eigenvalue weighted by Crippen LogP contribution is 2.41. The zero-order valence-corrected chi connectivity index (χ0v) is 22.2. The zero-order valence-electron chi connectivity index (χ0n) is 22.2. The van der Waals surface area contributed by atoms with E-state index in [1.807, 2.05) is 9.47 Å². The summed E-state index contributed by atoms with van der Waals surface area (Å²) in [5, 5.41) is 12.0. The molecule has 3 aromatic rings. The molecule has 2 aliphatic rings. The number of hydrogen-bond acceptors (Lipinski definition) is 8. The minimum Gasteiger partial charge on any atom is -0.493 e. The van der Waals surface area contributed by atoms with Crippen LogP contribution < -0.4 is 19.9 Å². The molecule has 0 bridgehead atoms. The van der Waals surface area contributed by atoms with E-state index in [0.29, 0.717) is 54.9 Å². The van der Waals surface area contributed by atoms with Gasteiger partial charge in [0.25, 0.3) is 5.91 Å². The normalized spacial score (nSPS) is 17.5. The maximum atomic E-state index is 13.5. The number of carbonyl (C=O) groups is 1. The van der Waals surface area contributed by atoms with Gasteiger partial charge in [-0.3, -0.25) is 14.5 Å². The molecular formula is C26H34N6O6. The molecule has 12 nitrogen and oxygen atoms in total. The van der Waals surface area contributed by atoms with E-state index in [1.165, 1.54) is 4.68 Å². The Hall–Kier alpha value is -3.80. The van der Waals surface area contributed by atoms with Gasteiger partial charge < -0.3 is 23.8 Å². The lowest BCUT2D eigenvalue weighted by Crippen LogP contribution is -2.40. The quantitative estimate of drug-likeness (QED) is 0.427. The number of benzene rings is 1. The summed E-state index contributed by atoms with van der Waals surface area (Å²) in [4.78, 5) is 28.3. The van der Waals surface area contributed by atoms with Crippen LogP contribution in [0.5, 0.6) is 17.2 Å². The number of H-pyrrole nitrogens is 1. The monoisotopic (exact) mass is 526 g/mol. The van der Waals surface area contributed by atoms with Gasteiger partial charge in [-0.05, 0) is 43.9 Å². The van der Waals surface area contributed by atoms with Gasteiger partial charge in [-0.25, -0.2) is 9.48 Å². The molecule has 2 aromatic heterocycles. The largest absolute Gasteiger partial charge is 0.493 e. The Bertz CT molecular complexity index is 1330. The summed E-state index contributed by atoms with van der Waals surface area (Å²) in [6.45, 7) is 1.95. The van der Waals surface area contributed by atoms with Crippen LogP contribution >= 0.6 is 0 Å². The van der Waals surface area contributed by atoms with Crippen LogP contribution in [0.15, 0.2) is 23.0 Å². The smallest absolute Gasteiger partial charge is 0.346 e. The highest BCUT2D eigenvalue weighted by Gasteiger charge is 2.35. The van der Waals surface area contributed by atoms with Gasteiger partial charge in [0.2, 0.25) is 5.75 Å². The highest BCUT2D eigenvalue weighted by molar-refractivity contribution is 5.93. The van der Waals surface area contributed by atoms with E-state index in [-0.39, 0.29) is 23.6 Å². The van der Waals surface area contributed by atoms with Gasteiger partial charge in [-0.2, -0.15) is 10.2 Å². The molecule has 1 N–H and O–H groups in total. The van der Waals surface area contributed by atoms with Gasteiger partial charge in [-0.1, -0.05) is 0 Å². The maximum absolute atomic E-state index is 13.5. The fraction of sp³-hybridized carbons (Fsp3) is 0.538. The van der Waals surface area contributed by atoms with Crippen molar-refractivity contribution in [2.45, 2.75) is 44.2 Å². The van der Waals surface area contributed by atoms with Gasteiger partial charge in [-0.15, -0.1) is 0 Å². The molecule has 1 saturated heterocycles. The Labute approximate surface area is 220 Å². The maximum Gasteiger partial charge on any atom is 0.346 e. The van der Waals surface area contributed by atoms with Crippen molar-refractivity contribution in [2.75, 3.05) is 48.1 Å². The number of rotatable bonds is 10. The van der Waals surface area contributed by atoms with Crippen molar-refractivity contribution in [3.8, 4) is 28.5 Å². The van der Waals surface area contributed by atoms with Crippen LogP contribution in [0.4, 0.5) is 0 Å². The van der Waals surface area contributed by atoms with Crippen LogP contribution in [-0.2, 0) is 11.3 Å². The summed E-state index contributed by atoms with van der Waals surface area (Å²) in [5.41, 5.74) is 1.60. The van der Waals surface area contributed by atoms with E-state index < -0.39 is 0 Å². The predicted octanol–water partition coefficient (Wildman–Crippen LogP) is 2.46. The summed E-state index contributed by atoms with van der Waals surface area (Å²) in [7, 11) is 6.26. The minimum atomic E-state index is -0.139. The van der Waals surface area contributed by atoms with Crippen molar-refractivity contribution in [2.24, 2.45) is 0 Å². The molecule has 1 aromatic carbocycles. The third-order valence-electron chi connectivity index (χ3n) is 7.16. The van der Waals surface area contributed by atoms with Crippen LogP contribution in [0.2, 0.25) is 0 Å². The minimum absolute atomic E-state index is 0.0118. The first-order chi connectivity index (χ1) is 18.5. The number of aromatic nitrogens is 5. The number of ether oxygens (including phenoxy) is 4. The lowest BCUT2D eigenvalue weighted by Gasteiger charge is -2.32. The van der Waals surface area contributed by atoms with E-state index in [1.54, 1.807) is 46.6 Å². The van der Waals surface area contributed by atoms with Crippen molar-refractivity contribution in [3.05, 3.63) is 40.2 Å². The summed E-state index contributed by atoms with van der Waals surface area (Å²) in [6, 6.07) is 5.51. The van der Waals surface area contributed by atoms with Crippen molar-refractivity contribution < 1.29 is 23.7 Å². The summed E-state index contributed by atoms with van der Waals surface area (Å²) in [5.74, 6) is 2.11. The third-order valence-corrected chi connectivity index (χ3v) is 7.16. The number of methoxy groups -OCH3 is 4. The lowest BCUT2D eigenvalue weighted by molar-refractivity contribution is 0.0697. The Balaban J connectivity index is 1.36. The molecule has 204 valence electrons. The zero-order chi connectivity index (χ0) is 26.8. The first-order valence-electron chi connectivity index (χ1n) is 12.8. The molecule has 38 heavy (non-hydrogen) atoms. The average molecular weight is 527 g/mol. The number of likely N-dealkylation sites (tertiary alicyclic amines) is 1. The number of hydrogen-bond donors (Lipinski definition) is 1. The van der Waals surface area contributed by atoms with E-state index in [2.05, 4.69) is 15.3 Å². The standard InChI is InChI=1S/C26H34N6O6/c1-35-11-10-31-26(34)32(18-7-8-18)24(29-31)16-6-5-9-30(15-16)25(33)20-14-19(27-28-20)17-12-21(36-2)23(38-4)22(13-17)37-3/h12-14,16,18H,5-11,15H2,1-4H3,(H,27,28). The highest BCUT2D eigenvalue weighted by atomic mass is 16.5. The number of piperidine rings is 1. The Morgan fingerprint density at radius 1 is 1.05 bits per heavy atom.